The molecule has 0 saturated carbocycles. The maximum atomic E-state index is 5.76. The van der Waals surface area contributed by atoms with E-state index in [9.17, 15) is 0 Å². The lowest BCUT2D eigenvalue weighted by Gasteiger charge is -2.01. The van der Waals surface area contributed by atoms with Crippen molar-refractivity contribution in [3.8, 4) is 10.7 Å². The van der Waals surface area contributed by atoms with Gasteiger partial charge in [-0.1, -0.05) is 22.0 Å². The van der Waals surface area contributed by atoms with E-state index in [1.807, 2.05) is 17.5 Å². The average Bonchev–Trinajstić information content (AvgIpc) is 2.70. The molecule has 0 bridgehead atoms. The minimum atomic E-state index is 0.542. The Balaban J connectivity index is 2.43. The molecule has 0 radical (unpaired) electrons. The van der Waals surface area contributed by atoms with Gasteiger partial charge in [0.15, 0.2) is 5.82 Å². The Morgan fingerprint density at radius 3 is 2.93 bits per heavy atom. The molecule has 0 aliphatic carbocycles. The first-order valence-corrected chi connectivity index (χ1v) is 6.02. The highest BCUT2D eigenvalue weighted by atomic mass is 79.9. The monoisotopic (exact) mass is 269 g/mol. The Kier molecular flexibility index (Phi) is 2.79. The topological polar surface area (TPSA) is 51.8 Å². The third kappa shape index (κ3) is 1.78. The van der Waals surface area contributed by atoms with Gasteiger partial charge in [0.1, 0.15) is 5.82 Å². The number of alkyl halides is 1. The number of nitrogens with zero attached hydrogens (tertiary/aromatic N) is 2. The zero-order chi connectivity index (χ0) is 9.97. The molecule has 72 valence electrons. The van der Waals surface area contributed by atoms with E-state index in [4.69, 9.17) is 5.73 Å². The molecule has 5 heteroatoms. The quantitative estimate of drug-likeness (QED) is 0.853. The zero-order valence-electron chi connectivity index (χ0n) is 7.27. The van der Waals surface area contributed by atoms with Crippen LogP contribution in [-0.2, 0) is 5.33 Å². The molecule has 2 N–H and O–H groups in total. The second-order valence-corrected chi connectivity index (χ2v) is 4.22. The van der Waals surface area contributed by atoms with Gasteiger partial charge in [0.25, 0.3) is 0 Å². The molecule has 2 aromatic rings. The van der Waals surface area contributed by atoms with E-state index in [-0.39, 0.29) is 0 Å². The van der Waals surface area contributed by atoms with Crippen LogP contribution in [0.1, 0.15) is 5.56 Å². The number of nitrogens with two attached hydrogens (primary N) is 1. The molecule has 0 atom stereocenters. The van der Waals surface area contributed by atoms with Crippen molar-refractivity contribution in [1.82, 2.24) is 9.97 Å². The highest BCUT2D eigenvalue weighted by molar-refractivity contribution is 9.08. The van der Waals surface area contributed by atoms with Crippen LogP contribution in [0.15, 0.2) is 23.7 Å². The Labute approximate surface area is 94.1 Å². The molecule has 2 heterocycles. The summed E-state index contributed by atoms with van der Waals surface area (Å²) in [5.41, 5.74) is 6.68. The van der Waals surface area contributed by atoms with Gasteiger partial charge in [-0.2, -0.15) is 0 Å². The lowest BCUT2D eigenvalue weighted by atomic mass is 10.3. The van der Waals surface area contributed by atoms with Gasteiger partial charge in [-0.15, -0.1) is 11.3 Å². The van der Waals surface area contributed by atoms with Gasteiger partial charge in [0.2, 0.25) is 0 Å². The van der Waals surface area contributed by atoms with Crippen LogP contribution in [0.3, 0.4) is 0 Å². The van der Waals surface area contributed by atoms with Gasteiger partial charge in [-0.3, -0.25) is 0 Å². The molecule has 2 aromatic heterocycles. The van der Waals surface area contributed by atoms with E-state index in [2.05, 4.69) is 25.9 Å². The second-order valence-electron chi connectivity index (χ2n) is 2.72. The van der Waals surface area contributed by atoms with Crippen LogP contribution in [0, 0.1) is 0 Å². The molecule has 0 fully saturated rings. The fourth-order valence-electron chi connectivity index (χ4n) is 1.05. The third-order valence-corrected chi connectivity index (χ3v) is 3.25. The molecule has 14 heavy (non-hydrogen) atoms. The summed E-state index contributed by atoms with van der Waals surface area (Å²) in [6, 6.07) is 3.95. The van der Waals surface area contributed by atoms with Crippen LogP contribution >= 0.6 is 27.3 Å². The summed E-state index contributed by atoms with van der Waals surface area (Å²) >= 11 is 4.93. The zero-order valence-corrected chi connectivity index (χ0v) is 9.68. The maximum Gasteiger partial charge on any atom is 0.171 e. The predicted octanol–water partition coefficient (Wildman–Crippen LogP) is 2.68. The predicted molar refractivity (Wildman–Crippen MR) is 62.4 cm³/mol. The largest absolute Gasteiger partial charge is 0.383 e. The standard InChI is InChI=1S/C9H8BrN3S/c10-4-6-5-12-9(13-8(6)11)7-2-1-3-14-7/h1-3,5H,4H2,(H2,11,12,13). The van der Waals surface area contributed by atoms with Crippen molar-refractivity contribution < 1.29 is 0 Å². The number of hydrogen-bond donors (Lipinski definition) is 1. The van der Waals surface area contributed by atoms with Gasteiger partial charge >= 0.3 is 0 Å². The number of hydrogen-bond acceptors (Lipinski definition) is 4. The van der Waals surface area contributed by atoms with Crippen molar-refractivity contribution in [2.75, 3.05) is 5.73 Å². The fourth-order valence-corrected chi connectivity index (χ4v) is 2.14. The van der Waals surface area contributed by atoms with Crippen LogP contribution in [0.2, 0.25) is 0 Å². The lowest BCUT2D eigenvalue weighted by molar-refractivity contribution is 1.15. The summed E-state index contributed by atoms with van der Waals surface area (Å²) < 4.78 is 0. The second kappa shape index (κ2) is 4.06. The highest BCUT2D eigenvalue weighted by Gasteiger charge is 2.05. The molecule has 0 unspecified atom stereocenters. The van der Waals surface area contributed by atoms with E-state index in [1.165, 1.54) is 0 Å². The van der Waals surface area contributed by atoms with Gasteiger partial charge in [0, 0.05) is 17.1 Å². The molecule has 0 aromatic carbocycles. The summed E-state index contributed by atoms with van der Waals surface area (Å²) in [6.45, 7) is 0. The molecule has 0 saturated heterocycles. The minimum absolute atomic E-state index is 0.542. The molecule has 0 aliphatic heterocycles. The van der Waals surface area contributed by atoms with Crippen molar-refractivity contribution in [1.29, 1.82) is 0 Å². The van der Waals surface area contributed by atoms with Crippen molar-refractivity contribution in [3.63, 3.8) is 0 Å². The number of rotatable bonds is 2. The number of aromatic nitrogens is 2. The number of anilines is 1. The SMILES string of the molecule is Nc1nc(-c2cccs2)ncc1CBr. The summed E-state index contributed by atoms with van der Waals surface area (Å²) in [5.74, 6) is 1.24. The van der Waals surface area contributed by atoms with Crippen molar-refractivity contribution in [3.05, 3.63) is 29.3 Å². The molecular weight excluding hydrogens is 262 g/mol. The molecule has 2 rings (SSSR count). The maximum absolute atomic E-state index is 5.76. The van der Waals surface area contributed by atoms with E-state index in [1.54, 1.807) is 17.5 Å². The van der Waals surface area contributed by atoms with Gasteiger partial charge in [-0.05, 0) is 11.4 Å². The van der Waals surface area contributed by atoms with Crippen LogP contribution in [0.25, 0.3) is 10.7 Å². The number of thiophene rings is 1. The third-order valence-electron chi connectivity index (χ3n) is 1.78. The molecule has 0 amide bonds. The summed E-state index contributed by atoms with van der Waals surface area (Å²) in [7, 11) is 0. The number of nitrogen functional groups attached to an aromatic ring is 1. The van der Waals surface area contributed by atoms with Gasteiger partial charge < -0.3 is 5.73 Å². The van der Waals surface area contributed by atoms with Crippen LogP contribution in [0.5, 0.6) is 0 Å². The molecule has 0 aliphatic rings. The van der Waals surface area contributed by atoms with Crippen molar-refractivity contribution in [2.24, 2.45) is 0 Å². The summed E-state index contributed by atoms with van der Waals surface area (Å²) in [5, 5.41) is 2.68. The van der Waals surface area contributed by atoms with Crippen LogP contribution < -0.4 is 5.73 Å². The van der Waals surface area contributed by atoms with Crippen molar-refractivity contribution in [2.45, 2.75) is 5.33 Å². The Hall–Kier alpha value is -0.940. The van der Waals surface area contributed by atoms with E-state index < -0.39 is 0 Å². The van der Waals surface area contributed by atoms with Gasteiger partial charge in [0.05, 0.1) is 4.88 Å². The Bertz CT molecular complexity index is 428. The average molecular weight is 270 g/mol. The van der Waals surface area contributed by atoms with Crippen LogP contribution in [0.4, 0.5) is 5.82 Å². The van der Waals surface area contributed by atoms with Crippen molar-refractivity contribution >= 4 is 33.1 Å². The Morgan fingerprint density at radius 1 is 1.50 bits per heavy atom. The smallest absolute Gasteiger partial charge is 0.171 e. The normalized spacial score (nSPS) is 10.4. The van der Waals surface area contributed by atoms with Gasteiger partial charge in [-0.25, -0.2) is 9.97 Å². The Morgan fingerprint density at radius 2 is 2.36 bits per heavy atom. The first-order valence-electron chi connectivity index (χ1n) is 4.02. The fraction of sp³-hybridized carbons (Fsp3) is 0.111. The number of halogens is 1. The van der Waals surface area contributed by atoms with Crippen LogP contribution in [-0.4, -0.2) is 9.97 Å². The van der Waals surface area contributed by atoms with E-state index >= 15 is 0 Å². The minimum Gasteiger partial charge on any atom is -0.383 e. The first-order chi connectivity index (χ1) is 6.81. The first kappa shape index (κ1) is 9.61. The van der Waals surface area contributed by atoms with E-state index in [0.29, 0.717) is 17.0 Å². The molecule has 3 nitrogen and oxygen atoms in total. The lowest BCUT2D eigenvalue weighted by Crippen LogP contribution is -1.99. The van der Waals surface area contributed by atoms with E-state index in [0.717, 1.165) is 10.4 Å². The molecular formula is C9H8BrN3S. The summed E-state index contributed by atoms with van der Waals surface area (Å²) in [6.07, 6.45) is 1.76. The molecule has 0 spiro atoms. The summed E-state index contributed by atoms with van der Waals surface area (Å²) in [4.78, 5) is 9.52. The highest BCUT2D eigenvalue weighted by Crippen LogP contribution is 2.22.